The Morgan fingerprint density at radius 3 is 2.41 bits per heavy atom. The van der Waals surface area contributed by atoms with Crippen molar-refractivity contribution in [2.75, 3.05) is 33.7 Å². The Morgan fingerprint density at radius 2 is 1.82 bits per heavy atom. The molecule has 0 fully saturated rings. The van der Waals surface area contributed by atoms with Crippen LogP contribution in [-0.4, -0.2) is 48.6 Å². The van der Waals surface area contributed by atoms with E-state index < -0.39 is 0 Å². The van der Waals surface area contributed by atoms with E-state index in [1.54, 1.807) is 6.07 Å². The second-order valence-electron chi connectivity index (χ2n) is 4.65. The van der Waals surface area contributed by atoms with Crippen LogP contribution in [0.1, 0.15) is 18.9 Å². The fourth-order valence-electron chi connectivity index (χ4n) is 1.84. The number of hydrogen-bond acceptors (Lipinski definition) is 3. The molecule has 0 unspecified atom stereocenters. The fraction of sp³-hybridized carbons (Fsp3) is 0.571. The Morgan fingerprint density at radius 1 is 1.12 bits per heavy atom. The van der Waals surface area contributed by atoms with Gasteiger partial charge in [0.2, 0.25) is 0 Å². The Kier molecular flexibility index (Phi) is 6.01. The van der Waals surface area contributed by atoms with Crippen LogP contribution in [-0.2, 0) is 6.54 Å². The van der Waals surface area contributed by atoms with E-state index in [1.165, 1.54) is 0 Å². The van der Waals surface area contributed by atoms with Crippen LogP contribution in [0.15, 0.2) is 24.3 Å². The first-order chi connectivity index (χ1) is 8.13. The van der Waals surface area contributed by atoms with Crippen molar-refractivity contribution in [2.45, 2.75) is 19.9 Å². The van der Waals surface area contributed by atoms with Gasteiger partial charge in [-0.25, -0.2) is 0 Å². The van der Waals surface area contributed by atoms with Crippen LogP contribution >= 0.6 is 0 Å². The van der Waals surface area contributed by atoms with Crippen molar-refractivity contribution in [1.29, 1.82) is 0 Å². The van der Waals surface area contributed by atoms with E-state index in [9.17, 15) is 5.11 Å². The minimum atomic E-state index is 0.401. The number of rotatable bonds is 7. The molecule has 3 nitrogen and oxygen atoms in total. The number of nitrogens with zero attached hydrogens (tertiary/aromatic N) is 2. The standard InChI is InChI=1S/C14H24N2O/c1-4-16(11-7-10-15(2)3)12-13-8-5-6-9-14(13)17/h5-6,8-9,17H,4,7,10-12H2,1-3H3. The average Bonchev–Trinajstić information content (AvgIpc) is 2.30. The maximum absolute atomic E-state index is 9.73. The molecule has 0 bridgehead atoms. The zero-order chi connectivity index (χ0) is 12.7. The predicted octanol–water partition coefficient (Wildman–Crippen LogP) is 2.17. The lowest BCUT2D eigenvalue weighted by Crippen LogP contribution is -2.26. The fourth-order valence-corrected chi connectivity index (χ4v) is 1.84. The minimum absolute atomic E-state index is 0.401. The molecule has 0 heterocycles. The van der Waals surface area contributed by atoms with Gasteiger partial charge in [0.25, 0.3) is 0 Å². The monoisotopic (exact) mass is 236 g/mol. The van der Waals surface area contributed by atoms with Crippen LogP contribution < -0.4 is 0 Å². The van der Waals surface area contributed by atoms with E-state index in [0.29, 0.717) is 5.75 Å². The molecule has 0 saturated heterocycles. The zero-order valence-corrected chi connectivity index (χ0v) is 11.2. The van der Waals surface area contributed by atoms with E-state index in [1.807, 2.05) is 18.2 Å². The third kappa shape index (κ3) is 5.20. The summed E-state index contributed by atoms with van der Waals surface area (Å²) in [6.45, 7) is 6.19. The number of phenols is 1. The van der Waals surface area contributed by atoms with Crippen molar-refractivity contribution >= 4 is 0 Å². The molecule has 17 heavy (non-hydrogen) atoms. The van der Waals surface area contributed by atoms with E-state index in [4.69, 9.17) is 0 Å². The third-order valence-corrected chi connectivity index (χ3v) is 2.91. The third-order valence-electron chi connectivity index (χ3n) is 2.91. The summed E-state index contributed by atoms with van der Waals surface area (Å²) in [6.07, 6.45) is 1.16. The highest BCUT2D eigenvalue weighted by molar-refractivity contribution is 5.31. The van der Waals surface area contributed by atoms with Crippen LogP contribution in [0.5, 0.6) is 5.75 Å². The summed E-state index contributed by atoms with van der Waals surface area (Å²) in [5.74, 6) is 0.401. The molecular formula is C14H24N2O. The van der Waals surface area contributed by atoms with Gasteiger partial charge in [0.1, 0.15) is 5.75 Å². The molecule has 0 aliphatic heterocycles. The molecule has 96 valence electrons. The number of para-hydroxylation sites is 1. The van der Waals surface area contributed by atoms with Crippen LogP contribution in [0.2, 0.25) is 0 Å². The summed E-state index contributed by atoms with van der Waals surface area (Å²) in [4.78, 5) is 4.56. The van der Waals surface area contributed by atoms with Crippen molar-refractivity contribution in [2.24, 2.45) is 0 Å². The SMILES string of the molecule is CCN(CCCN(C)C)Cc1ccccc1O. The first-order valence-electron chi connectivity index (χ1n) is 6.27. The van der Waals surface area contributed by atoms with Crippen molar-refractivity contribution in [3.8, 4) is 5.75 Å². The largest absolute Gasteiger partial charge is 0.508 e. The van der Waals surface area contributed by atoms with E-state index in [0.717, 1.165) is 38.2 Å². The highest BCUT2D eigenvalue weighted by atomic mass is 16.3. The Balaban J connectivity index is 2.44. The van der Waals surface area contributed by atoms with Gasteiger partial charge in [-0.2, -0.15) is 0 Å². The maximum atomic E-state index is 9.73. The van der Waals surface area contributed by atoms with Gasteiger partial charge in [0.15, 0.2) is 0 Å². The lowest BCUT2D eigenvalue weighted by molar-refractivity contribution is 0.256. The molecule has 0 aliphatic rings. The van der Waals surface area contributed by atoms with Gasteiger partial charge < -0.3 is 10.0 Å². The summed E-state index contributed by atoms with van der Waals surface area (Å²) >= 11 is 0. The van der Waals surface area contributed by atoms with Gasteiger partial charge in [0.05, 0.1) is 0 Å². The summed E-state index contributed by atoms with van der Waals surface area (Å²) < 4.78 is 0. The van der Waals surface area contributed by atoms with Gasteiger partial charge in [-0.3, -0.25) is 4.90 Å². The molecule has 0 radical (unpaired) electrons. The smallest absolute Gasteiger partial charge is 0.120 e. The molecule has 0 saturated carbocycles. The lowest BCUT2D eigenvalue weighted by atomic mass is 10.2. The van der Waals surface area contributed by atoms with Crippen molar-refractivity contribution < 1.29 is 5.11 Å². The van der Waals surface area contributed by atoms with Crippen molar-refractivity contribution in [3.63, 3.8) is 0 Å². The Labute approximate surface area is 105 Å². The molecular weight excluding hydrogens is 212 g/mol. The summed E-state index contributed by atoms with van der Waals surface area (Å²) in [6, 6.07) is 7.58. The highest BCUT2D eigenvalue weighted by Crippen LogP contribution is 2.17. The predicted molar refractivity (Wildman–Crippen MR) is 72.2 cm³/mol. The van der Waals surface area contributed by atoms with E-state index in [2.05, 4.69) is 30.8 Å². The average molecular weight is 236 g/mol. The molecule has 0 amide bonds. The van der Waals surface area contributed by atoms with Crippen LogP contribution in [0.4, 0.5) is 0 Å². The van der Waals surface area contributed by atoms with Gasteiger partial charge >= 0.3 is 0 Å². The minimum Gasteiger partial charge on any atom is -0.508 e. The van der Waals surface area contributed by atoms with E-state index >= 15 is 0 Å². The number of benzene rings is 1. The molecule has 1 rings (SSSR count). The second-order valence-corrected chi connectivity index (χ2v) is 4.65. The topological polar surface area (TPSA) is 26.7 Å². The van der Waals surface area contributed by atoms with E-state index in [-0.39, 0.29) is 0 Å². The van der Waals surface area contributed by atoms with Crippen LogP contribution in [0.25, 0.3) is 0 Å². The maximum Gasteiger partial charge on any atom is 0.120 e. The van der Waals surface area contributed by atoms with Gasteiger partial charge in [0, 0.05) is 12.1 Å². The van der Waals surface area contributed by atoms with Crippen LogP contribution in [0, 0.1) is 0 Å². The molecule has 0 aliphatic carbocycles. The molecule has 0 spiro atoms. The summed E-state index contributed by atoms with van der Waals surface area (Å²) in [5.41, 5.74) is 1.01. The molecule has 1 aromatic carbocycles. The number of aromatic hydroxyl groups is 1. The first-order valence-corrected chi connectivity index (χ1v) is 6.27. The Bertz CT molecular complexity index is 326. The van der Waals surface area contributed by atoms with Crippen molar-refractivity contribution in [1.82, 2.24) is 9.80 Å². The summed E-state index contributed by atoms with van der Waals surface area (Å²) in [5, 5.41) is 9.73. The quantitative estimate of drug-likeness (QED) is 0.786. The Hall–Kier alpha value is -1.06. The molecule has 1 aromatic rings. The first kappa shape index (κ1) is 14.0. The molecule has 3 heteroatoms. The number of phenolic OH excluding ortho intramolecular Hbond substituents is 1. The van der Waals surface area contributed by atoms with Gasteiger partial charge in [-0.1, -0.05) is 25.1 Å². The molecule has 1 N–H and O–H groups in total. The van der Waals surface area contributed by atoms with Gasteiger partial charge in [-0.05, 0) is 46.2 Å². The number of hydrogen-bond donors (Lipinski definition) is 1. The van der Waals surface area contributed by atoms with Gasteiger partial charge in [-0.15, -0.1) is 0 Å². The molecule has 0 aromatic heterocycles. The van der Waals surface area contributed by atoms with Crippen molar-refractivity contribution in [3.05, 3.63) is 29.8 Å². The normalized spacial score (nSPS) is 11.4. The summed E-state index contributed by atoms with van der Waals surface area (Å²) in [7, 11) is 4.19. The second kappa shape index (κ2) is 7.30. The molecule has 0 atom stereocenters. The highest BCUT2D eigenvalue weighted by Gasteiger charge is 2.06. The zero-order valence-electron chi connectivity index (χ0n) is 11.2. The van der Waals surface area contributed by atoms with Crippen LogP contribution in [0.3, 0.4) is 0 Å². The lowest BCUT2D eigenvalue weighted by Gasteiger charge is -2.21.